The second-order valence-electron chi connectivity index (χ2n) is 10.9. The molecule has 4 aromatic heterocycles. The molecule has 0 N–H and O–H groups in total. The van der Waals surface area contributed by atoms with E-state index in [1.807, 2.05) is 30.7 Å². The van der Waals surface area contributed by atoms with E-state index in [-0.39, 0.29) is 0 Å². The molecule has 0 aliphatic heterocycles. The Morgan fingerprint density at radius 1 is 0.419 bits per heavy atom. The van der Waals surface area contributed by atoms with Gasteiger partial charge < -0.3 is 4.57 Å². The van der Waals surface area contributed by atoms with Crippen molar-refractivity contribution < 1.29 is 0 Å². The Labute approximate surface area is 247 Å². The highest BCUT2D eigenvalue weighted by molar-refractivity contribution is 6.22. The molecule has 9 aromatic rings. The molecule has 4 heteroatoms. The van der Waals surface area contributed by atoms with E-state index in [2.05, 4.69) is 125 Å². The predicted octanol–water partition coefficient (Wildman–Crippen LogP) is 9.76. The van der Waals surface area contributed by atoms with Crippen LogP contribution in [0.1, 0.15) is 0 Å². The van der Waals surface area contributed by atoms with Gasteiger partial charge in [0.25, 0.3) is 0 Å². The van der Waals surface area contributed by atoms with Gasteiger partial charge in [-0.05, 0) is 71.3 Å². The first-order valence-corrected chi connectivity index (χ1v) is 14.4. The van der Waals surface area contributed by atoms with Crippen molar-refractivity contribution >= 4 is 54.5 Å². The van der Waals surface area contributed by atoms with E-state index in [1.165, 1.54) is 32.9 Å². The highest BCUT2D eigenvalue weighted by Crippen LogP contribution is 2.39. The number of para-hydroxylation sites is 2. The third kappa shape index (κ3) is 3.60. The fourth-order valence-electron chi connectivity index (χ4n) is 6.60. The fourth-order valence-corrected chi connectivity index (χ4v) is 6.60. The topological polar surface area (TPSA) is 43.6 Å². The van der Waals surface area contributed by atoms with Gasteiger partial charge in [0, 0.05) is 56.8 Å². The monoisotopic (exact) mass is 548 g/mol. The van der Waals surface area contributed by atoms with E-state index in [4.69, 9.17) is 9.97 Å². The quantitative estimate of drug-likeness (QED) is 0.206. The Morgan fingerprint density at radius 3 is 1.84 bits per heavy atom. The molecule has 0 spiro atoms. The van der Waals surface area contributed by atoms with E-state index in [0.717, 1.165) is 49.5 Å². The van der Waals surface area contributed by atoms with Crippen molar-refractivity contribution in [2.45, 2.75) is 0 Å². The van der Waals surface area contributed by atoms with Gasteiger partial charge in [-0.25, -0.2) is 0 Å². The molecule has 4 nitrogen and oxygen atoms in total. The average Bonchev–Trinajstić information content (AvgIpc) is 3.43. The molecule has 9 rings (SSSR count). The molecule has 0 bridgehead atoms. The highest BCUT2D eigenvalue weighted by atomic mass is 15.0. The lowest BCUT2D eigenvalue weighted by Gasteiger charge is -2.11. The Bertz CT molecular complexity index is 2460. The normalized spacial score (nSPS) is 11.7. The van der Waals surface area contributed by atoms with Gasteiger partial charge >= 0.3 is 0 Å². The molecular formula is C39H24N4. The van der Waals surface area contributed by atoms with Gasteiger partial charge in [-0.3, -0.25) is 15.0 Å². The van der Waals surface area contributed by atoms with Crippen LogP contribution in [0.15, 0.2) is 146 Å². The van der Waals surface area contributed by atoms with Crippen molar-refractivity contribution in [1.29, 1.82) is 0 Å². The fraction of sp³-hybridized carbons (Fsp3) is 0. The molecule has 200 valence electrons. The highest BCUT2D eigenvalue weighted by Gasteiger charge is 2.16. The van der Waals surface area contributed by atoms with E-state index in [1.54, 1.807) is 0 Å². The Hall–Kier alpha value is -5.87. The molecule has 43 heavy (non-hydrogen) atoms. The molecule has 4 heterocycles. The molecule has 0 atom stereocenters. The van der Waals surface area contributed by atoms with Gasteiger partial charge in [0.15, 0.2) is 0 Å². The summed E-state index contributed by atoms with van der Waals surface area (Å²) >= 11 is 0. The van der Waals surface area contributed by atoms with Crippen LogP contribution in [0.4, 0.5) is 0 Å². The van der Waals surface area contributed by atoms with Crippen molar-refractivity contribution in [1.82, 2.24) is 19.5 Å². The predicted molar refractivity (Wildman–Crippen MR) is 178 cm³/mol. The van der Waals surface area contributed by atoms with E-state index in [0.29, 0.717) is 0 Å². The van der Waals surface area contributed by atoms with Crippen molar-refractivity contribution in [3.8, 4) is 27.9 Å². The van der Waals surface area contributed by atoms with Gasteiger partial charge in [-0.1, -0.05) is 72.8 Å². The van der Waals surface area contributed by atoms with Crippen LogP contribution < -0.4 is 0 Å². The maximum Gasteiger partial charge on any atom is 0.0818 e. The zero-order valence-electron chi connectivity index (χ0n) is 23.1. The maximum atomic E-state index is 4.94. The van der Waals surface area contributed by atoms with Crippen molar-refractivity contribution in [2.24, 2.45) is 0 Å². The first-order valence-electron chi connectivity index (χ1n) is 14.4. The summed E-state index contributed by atoms with van der Waals surface area (Å²) in [6.07, 6.45) is 5.64. The number of nitrogens with zero attached hydrogens (tertiary/aromatic N) is 4. The maximum absolute atomic E-state index is 4.94. The molecule has 0 unspecified atom stereocenters. The van der Waals surface area contributed by atoms with E-state index in [9.17, 15) is 0 Å². The van der Waals surface area contributed by atoms with Crippen LogP contribution in [-0.2, 0) is 0 Å². The van der Waals surface area contributed by atoms with Gasteiger partial charge in [0.2, 0.25) is 0 Å². The number of fused-ring (bicyclic) bond motifs is 9. The standard InChI is InChI=1S/C39H24N4/c1-2-9-28(10-3-1)43-34-15-5-4-11-30(34)36-29(12-6-16-35(36)43)26-19-17-25(18-20-26)27-23-33-38-31(13-7-22-41-38)37-32(14-8-21-40-37)39(33)42-24-27/h1-24H. The average molecular weight is 549 g/mol. The zero-order chi connectivity index (χ0) is 28.3. The Morgan fingerprint density at radius 2 is 1.05 bits per heavy atom. The molecule has 0 aliphatic carbocycles. The van der Waals surface area contributed by atoms with Crippen LogP contribution in [0.2, 0.25) is 0 Å². The second-order valence-corrected chi connectivity index (χ2v) is 10.9. The summed E-state index contributed by atoms with van der Waals surface area (Å²) in [6.45, 7) is 0. The number of benzene rings is 5. The van der Waals surface area contributed by atoms with Crippen molar-refractivity contribution in [2.75, 3.05) is 0 Å². The van der Waals surface area contributed by atoms with Gasteiger partial charge in [-0.2, -0.15) is 0 Å². The van der Waals surface area contributed by atoms with E-state index < -0.39 is 0 Å². The van der Waals surface area contributed by atoms with Crippen LogP contribution in [0.25, 0.3) is 82.5 Å². The first-order chi connectivity index (χ1) is 21.3. The van der Waals surface area contributed by atoms with Crippen LogP contribution >= 0.6 is 0 Å². The minimum Gasteiger partial charge on any atom is -0.309 e. The summed E-state index contributed by atoms with van der Waals surface area (Å²) in [5.74, 6) is 0. The van der Waals surface area contributed by atoms with Crippen LogP contribution in [0.3, 0.4) is 0 Å². The van der Waals surface area contributed by atoms with E-state index >= 15 is 0 Å². The third-order valence-corrected chi connectivity index (χ3v) is 8.51. The zero-order valence-corrected chi connectivity index (χ0v) is 23.1. The Kier molecular flexibility index (Phi) is 5.16. The molecule has 0 aliphatic rings. The van der Waals surface area contributed by atoms with Crippen LogP contribution in [-0.4, -0.2) is 19.5 Å². The number of hydrogen-bond donors (Lipinski definition) is 0. The van der Waals surface area contributed by atoms with Crippen LogP contribution in [0.5, 0.6) is 0 Å². The summed E-state index contributed by atoms with van der Waals surface area (Å²) in [5.41, 5.74) is 10.9. The lowest BCUT2D eigenvalue weighted by Crippen LogP contribution is -1.92. The van der Waals surface area contributed by atoms with Crippen LogP contribution in [0, 0.1) is 0 Å². The number of aromatic nitrogens is 4. The second kappa shape index (κ2) is 9.33. The summed E-state index contributed by atoms with van der Waals surface area (Å²) in [5, 5.41) is 5.64. The molecule has 0 radical (unpaired) electrons. The smallest absolute Gasteiger partial charge is 0.0818 e. The van der Waals surface area contributed by atoms with Gasteiger partial charge in [-0.15, -0.1) is 0 Å². The summed E-state index contributed by atoms with van der Waals surface area (Å²) in [7, 11) is 0. The lowest BCUT2D eigenvalue weighted by atomic mass is 9.96. The largest absolute Gasteiger partial charge is 0.309 e. The van der Waals surface area contributed by atoms with Gasteiger partial charge in [0.05, 0.1) is 27.6 Å². The molecular weight excluding hydrogens is 524 g/mol. The third-order valence-electron chi connectivity index (χ3n) is 8.51. The molecule has 0 fully saturated rings. The van der Waals surface area contributed by atoms with Crippen molar-refractivity contribution in [3.63, 3.8) is 0 Å². The minimum absolute atomic E-state index is 0.927. The van der Waals surface area contributed by atoms with Gasteiger partial charge in [0.1, 0.15) is 0 Å². The SMILES string of the molecule is c1ccc(-n2c3ccccc3c3c(-c4ccc(-c5cnc6c7cccnc7c7cccnc7c6c5)cc4)cccc32)cc1. The lowest BCUT2D eigenvalue weighted by molar-refractivity contribution is 1.18. The number of rotatable bonds is 3. The summed E-state index contributed by atoms with van der Waals surface area (Å²) in [6, 6.07) is 45.1. The summed E-state index contributed by atoms with van der Waals surface area (Å²) < 4.78 is 2.36. The first kappa shape index (κ1) is 23.8. The molecule has 0 amide bonds. The minimum atomic E-state index is 0.927. The Balaban J connectivity index is 1.20. The molecule has 5 aromatic carbocycles. The number of pyridine rings is 3. The van der Waals surface area contributed by atoms with Crippen molar-refractivity contribution in [3.05, 3.63) is 146 Å². The molecule has 0 saturated heterocycles. The molecule has 0 saturated carbocycles. The number of hydrogen-bond acceptors (Lipinski definition) is 3. The summed E-state index contributed by atoms with van der Waals surface area (Å²) in [4.78, 5) is 14.3.